The van der Waals surface area contributed by atoms with E-state index in [1.54, 1.807) is 0 Å². The highest BCUT2D eigenvalue weighted by atomic mass is 28.4. The molecule has 0 aliphatic rings. The SMILES string of the molecule is COC(OC)O[Si](C)(C)OC(C)C. The lowest BCUT2D eigenvalue weighted by atomic mass is 10.5. The molecule has 0 radical (unpaired) electrons. The molecule has 0 unspecified atom stereocenters. The molecule has 0 N–H and O–H groups in total. The van der Waals surface area contributed by atoms with Crippen LogP contribution < -0.4 is 0 Å². The number of ether oxygens (including phenoxy) is 2. The quantitative estimate of drug-likeness (QED) is 0.492. The Balaban J connectivity index is 3.98. The number of methoxy groups -OCH3 is 2. The highest BCUT2D eigenvalue weighted by Gasteiger charge is 2.29. The topological polar surface area (TPSA) is 36.9 Å². The second-order valence-electron chi connectivity index (χ2n) is 3.44. The van der Waals surface area contributed by atoms with E-state index in [9.17, 15) is 0 Å². The lowest BCUT2D eigenvalue weighted by molar-refractivity contribution is -0.231. The summed E-state index contributed by atoms with van der Waals surface area (Å²) in [6, 6.07) is 0. The summed E-state index contributed by atoms with van der Waals surface area (Å²) in [6.07, 6.45) is 0.163. The monoisotopic (exact) mass is 208 g/mol. The molecule has 0 rings (SSSR count). The molecule has 0 saturated carbocycles. The van der Waals surface area contributed by atoms with Crippen molar-refractivity contribution in [1.29, 1.82) is 0 Å². The van der Waals surface area contributed by atoms with E-state index in [0.717, 1.165) is 0 Å². The van der Waals surface area contributed by atoms with E-state index in [1.165, 1.54) is 14.2 Å². The Kier molecular flexibility index (Phi) is 5.74. The molecular weight excluding hydrogens is 188 g/mol. The van der Waals surface area contributed by atoms with E-state index in [2.05, 4.69) is 0 Å². The molecule has 0 aromatic rings. The number of hydrogen-bond donors (Lipinski definition) is 0. The third-order valence-electron chi connectivity index (χ3n) is 1.28. The van der Waals surface area contributed by atoms with Crippen molar-refractivity contribution in [3.8, 4) is 0 Å². The smallest absolute Gasteiger partial charge is 0.336 e. The Morgan fingerprint density at radius 2 is 1.38 bits per heavy atom. The van der Waals surface area contributed by atoms with Gasteiger partial charge < -0.3 is 18.3 Å². The normalized spacial score (nSPS) is 12.9. The van der Waals surface area contributed by atoms with Crippen LogP contribution in [-0.4, -0.2) is 35.4 Å². The molecule has 0 spiro atoms. The predicted molar refractivity (Wildman–Crippen MR) is 52.6 cm³/mol. The minimum Gasteiger partial charge on any atom is -0.392 e. The van der Waals surface area contributed by atoms with Crippen molar-refractivity contribution in [3.05, 3.63) is 0 Å². The van der Waals surface area contributed by atoms with Gasteiger partial charge >= 0.3 is 8.56 Å². The molecule has 0 aromatic heterocycles. The molecule has 4 nitrogen and oxygen atoms in total. The molecular formula is C8H20O4Si. The Labute approximate surface area is 81.4 Å². The van der Waals surface area contributed by atoms with Crippen LogP contribution in [0.2, 0.25) is 13.1 Å². The van der Waals surface area contributed by atoms with E-state index < -0.39 is 15.0 Å². The van der Waals surface area contributed by atoms with Gasteiger partial charge in [0.15, 0.2) is 0 Å². The van der Waals surface area contributed by atoms with Crippen LogP contribution in [0.5, 0.6) is 0 Å². The van der Waals surface area contributed by atoms with Gasteiger partial charge in [-0.15, -0.1) is 0 Å². The molecule has 0 aromatic carbocycles. The molecule has 0 bridgehead atoms. The fourth-order valence-corrected chi connectivity index (χ4v) is 2.87. The summed E-state index contributed by atoms with van der Waals surface area (Å²) < 4.78 is 21.0. The van der Waals surface area contributed by atoms with Crippen LogP contribution in [0.1, 0.15) is 13.8 Å². The summed E-state index contributed by atoms with van der Waals surface area (Å²) in [5.41, 5.74) is 0. The number of hydrogen-bond acceptors (Lipinski definition) is 4. The van der Waals surface area contributed by atoms with E-state index >= 15 is 0 Å². The molecule has 0 atom stereocenters. The molecule has 0 aliphatic heterocycles. The van der Waals surface area contributed by atoms with E-state index in [0.29, 0.717) is 0 Å². The Hall–Kier alpha value is 0.0569. The minimum absolute atomic E-state index is 0.163. The molecule has 0 saturated heterocycles. The van der Waals surface area contributed by atoms with Crippen molar-refractivity contribution in [1.82, 2.24) is 0 Å². The third kappa shape index (κ3) is 6.17. The van der Waals surface area contributed by atoms with Gasteiger partial charge in [0.2, 0.25) is 0 Å². The first-order valence-electron chi connectivity index (χ1n) is 4.32. The molecule has 13 heavy (non-hydrogen) atoms. The second-order valence-corrected chi connectivity index (χ2v) is 6.72. The Morgan fingerprint density at radius 1 is 0.923 bits per heavy atom. The zero-order chi connectivity index (χ0) is 10.5. The van der Waals surface area contributed by atoms with Gasteiger partial charge in [0.25, 0.3) is 6.48 Å². The summed E-state index contributed by atoms with van der Waals surface area (Å²) in [7, 11) is 0.950. The molecule has 80 valence electrons. The van der Waals surface area contributed by atoms with Gasteiger partial charge in [-0.3, -0.25) is 0 Å². The van der Waals surface area contributed by atoms with Gasteiger partial charge in [-0.2, -0.15) is 0 Å². The number of rotatable bonds is 6. The molecule has 0 heterocycles. The highest BCUT2D eigenvalue weighted by molar-refractivity contribution is 6.64. The van der Waals surface area contributed by atoms with Crippen LogP contribution in [0.25, 0.3) is 0 Å². The Morgan fingerprint density at radius 3 is 1.69 bits per heavy atom. The predicted octanol–water partition coefficient (Wildman–Crippen LogP) is 1.71. The first kappa shape index (κ1) is 13.1. The van der Waals surface area contributed by atoms with Crippen LogP contribution in [-0.2, 0) is 18.3 Å². The van der Waals surface area contributed by atoms with Crippen molar-refractivity contribution in [3.63, 3.8) is 0 Å². The van der Waals surface area contributed by atoms with Crippen molar-refractivity contribution < 1.29 is 18.3 Å². The Bertz CT molecular complexity index is 134. The maximum Gasteiger partial charge on any atom is 0.336 e. The maximum atomic E-state index is 5.63. The van der Waals surface area contributed by atoms with Gasteiger partial charge in [-0.05, 0) is 26.9 Å². The van der Waals surface area contributed by atoms with Crippen molar-refractivity contribution in [2.45, 2.75) is 39.5 Å². The maximum absolute atomic E-state index is 5.63. The van der Waals surface area contributed by atoms with Crippen LogP contribution in [0.3, 0.4) is 0 Å². The van der Waals surface area contributed by atoms with E-state index in [-0.39, 0.29) is 6.10 Å². The summed E-state index contributed by atoms with van der Waals surface area (Å²) in [5, 5.41) is 0. The second kappa shape index (κ2) is 5.72. The van der Waals surface area contributed by atoms with E-state index in [4.69, 9.17) is 18.3 Å². The van der Waals surface area contributed by atoms with Crippen molar-refractivity contribution in [2.24, 2.45) is 0 Å². The summed E-state index contributed by atoms with van der Waals surface area (Å²) >= 11 is 0. The largest absolute Gasteiger partial charge is 0.392 e. The van der Waals surface area contributed by atoms with Crippen LogP contribution in [0.15, 0.2) is 0 Å². The fraction of sp³-hybridized carbons (Fsp3) is 1.00. The van der Waals surface area contributed by atoms with Crippen LogP contribution >= 0.6 is 0 Å². The first-order chi connectivity index (χ1) is 5.91. The van der Waals surface area contributed by atoms with Crippen LogP contribution in [0.4, 0.5) is 0 Å². The van der Waals surface area contributed by atoms with E-state index in [1.807, 2.05) is 26.9 Å². The van der Waals surface area contributed by atoms with Gasteiger partial charge in [0.05, 0.1) is 0 Å². The highest BCUT2D eigenvalue weighted by Crippen LogP contribution is 2.13. The fourth-order valence-electron chi connectivity index (χ4n) is 1.02. The molecule has 5 heteroatoms. The third-order valence-corrected chi connectivity index (χ3v) is 3.08. The zero-order valence-corrected chi connectivity index (χ0v) is 10.3. The molecule has 0 aliphatic carbocycles. The lowest BCUT2D eigenvalue weighted by Crippen LogP contribution is -2.42. The van der Waals surface area contributed by atoms with Gasteiger partial charge in [0, 0.05) is 20.3 Å². The van der Waals surface area contributed by atoms with Crippen molar-refractivity contribution in [2.75, 3.05) is 14.2 Å². The summed E-state index contributed by atoms with van der Waals surface area (Å²) in [6.45, 7) is 7.25. The van der Waals surface area contributed by atoms with Gasteiger partial charge in [0.1, 0.15) is 0 Å². The summed E-state index contributed by atoms with van der Waals surface area (Å²) in [4.78, 5) is 0. The average molecular weight is 208 g/mol. The lowest BCUT2D eigenvalue weighted by Gasteiger charge is -2.28. The van der Waals surface area contributed by atoms with Gasteiger partial charge in [-0.25, -0.2) is 0 Å². The van der Waals surface area contributed by atoms with Crippen LogP contribution in [0, 0.1) is 0 Å². The minimum atomic E-state index is -2.12. The average Bonchev–Trinajstić information content (AvgIpc) is 1.97. The standard InChI is InChI=1S/C8H20O4Si/c1-7(2)11-13(5,6)12-8(9-3)10-4/h7-8H,1-6H3. The zero-order valence-electron chi connectivity index (χ0n) is 9.29. The van der Waals surface area contributed by atoms with Gasteiger partial charge in [-0.1, -0.05) is 0 Å². The first-order valence-corrected chi connectivity index (χ1v) is 7.14. The summed E-state index contributed by atoms with van der Waals surface area (Å²) in [5.74, 6) is 0. The molecule has 0 fully saturated rings. The van der Waals surface area contributed by atoms with Crippen molar-refractivity contribution >= 4 is 8.56 Å². The molecule has 0 amide bonds.